The van der Waals surface area contributed by atoms with E-state index < -0.39 is 18.9 Å². The summed E-state index contributed by atoms with van der Waals surface area (Å²) < 4.78 is 51.1. The summed E-state index contributed by atoms with van der Waals surface area (Å²) in [5.41, 5.74) is 0.771. The quantitative estimate of drug-likeness (QED) is 0.795. The van der Waals surface area contributed by atoms with Gasteiger partial charge in [0.1, 0.15) is 6.61 Å². The van der Waals surface area contributed by atoms with Crippen LogP contribution < -0.4 is 9.47 Å². The standard InChI is InChI=1S/C15H14F3NO4/c16-15(17,18)8-21-11-6-19(7-11)14(20)4-2-10-1-3-12-13(5-10)23-9-22-12/h1-5,11H,6-9H2. The molecular formula is C15H14F3NO4. The van der Waals surface area contributed by atoms with Crippen LogP contribution in [-0.2, 0) is 9.53 Å². The molecule has 0 atom stereocenters. The van der Waals surface area contributed by atoms with E-state index in [0.29, 0.717) is 11.5 Å². The Balaban J connectivity index is 1.47. The smallest absolute Gasteiger partial charge is 0.411 e. The van der Waals surface area contributed by atoms with Gasteiger partial charge in [0, 0.05) is 19.2 Å². The molecule has 23 heavy (non-hydrogen) atoms. The molecular weight excluding hydrogens is 315 g/mol. The highest BCUT2D eigenvalue weighted by Crippen LogP contribution is 2.32. The van der Waals surface area contributed by atoms with E-state index in [-0.39, 0.29) is 25.8 Å². The van der Waals surface area contributed by atoms with Gasteiger partial charge in [-0.15, -0.1) is 0 Å². The Labute approximate surface area is 130 Å². The first-order valence-electron chi connectivity index (χ1n) is 6.96. The normalized spacial score (nSPS) is 17.6. The van der Waals surface area contributed by atoms with Crippen molar-refractivity contribution in [2.45, 2.75) is 12.3 Å². The SMILES string of the molecule is O=C(C=Cc1ccc2c(c1)OCO2)N1CC(OCC(F)(F)F)C1. The molecule has 0 saturated carbocycles. The second-order valence-corrected chi connectivity index (χ2v) is 5.24. The zero-order chi connectivity index (χ0) is 16.4. The minimum Gasteiger partial charge on any atom is -0.454 e. The van der Waals surface area contributed by atoms with Gasteiger partial charge in [-0.25, -0.2) is 0 Å². The van der Waals surface area contributed by atoms with Crippen LogP contribution in [0.5, 0.6) is 11.5 Å². The lowest BCUT2D eigenvalue weighted by atomic mass is 10.1. The van der Waals surface area contributed by atoms with Crippen LogP contribution in [0.25, 0.3) is 6.08 Å². The first-order chi connectivity index (χ1) is 10.9. The van der Waals surface area contributed by atoms with E-state index in [1.165, 1.54) is 11.0 Å². The van der Waals surface area contributed by atoms with E-state index in [4.69, 9.17) is 9.47 Å². The molecule has 1 aromatic carbocycles. The van der Waals surface area contributed by atoms with Crippen molar-refractivity contribution in [2.75, 3.05) is 26.5 Å². The Morgan fingerprint density at radius 1 is 1.30 bits per heavy atom. The van der Waals surface area contributed by atoms with Crippen molar-refractivity contribution in [2.24, 2.45) is 0 Å². The number of amides is 1. The summed E-state index contributed by atoms with van der Waals surface area (Å²) >= 11 is 0. The second kappa shape index (κ2) is 6.11. The molecule has 0 radical (unpaired) electrons. The van der Waals surface area contributed by atoms with Gasteiger partial charge in [-0.1, -0.05) is 6.07 Å². The van der Waals surface area contributed by atoms with Crippen LogP contribution in [0.3, 0.4) is 0 Å². The fraction of sp³-hybridized carbons (Fsp3) is 0.400. The van der Waals surface area contributed by atoms with Gasteiger partial charge in [0.05, 0.1) is 6.10 Å². The summed E-state index contributed by atoms with van der Waals surface area (Å²) in [6.07, 6.45) is -1.91. The molecule has 124 valence electrons. The molecule has 8 heteroatoms. The Morgan fingerprint density at radius 2 is 2.04 bits per heavy atom. The van der Waals surface area contributed by atoms with Crippen LogP contribution >= 0.6 is 0 Å². The highest BCUT2D eigenvalue weighted by Gasteiger charge is 2.35. The average molecular weight is 329 g/mol. The van der Waals surface area contributed by atoms with Crippen molar-refractivity contribution in [1.29, 1.82) is 0 Å². The lowest BCUT2D eigenvalue weighted by Crippen LogP contribution is -2.54. The number of alkyl halides is 3. The number of hydrogen-bond donors (Lipinski definition) is 0. The van der Waals surface area contributed by atoms with Crippen LogP contribution in [0.2, 0.25) is 0 Å². The predicted octanol–water partition coefficient (Wildman–Crippen LogP) is 2.22. The van der Waals surface area contributed by atoms with Crippen LogP contribution in [0.1, 0.15) is 5.56 Å². The minimum atomic E-state index is -4.34. The molecule has 1 saturated heterocycles. The van der Waals surface area contributed by atoms with E-state index in [1.54, 1.807) is 24.3 Å². The van der Waals surface area contributed by atoms with Gasteiger partial charge in [0.15, 0.2) is 11.5 Å². The molecule has 0 bridgehead atoms. The number of carbonyl (C=O) groups excluding carboxylic acids is 1. The summed E-state index contributed by atoms with van der Waals surface area (Å²) in [6.45, 7) is -0.776. The molecule has 2 heterocycles. The molecule has 0 aliphatic carbocycles. The Bertz CT molecular complexity index is 624. The maximum atomic E-state index is 12.0. The number of halogens is 3. The number of carbonyl (C=O) groups is 1. The van der Waals surface area contributed by atoms with E-state index in [0.717, 1.165) is 5.56 Å². The largest absolute Gasteiger partial charge is 0.454 e. The molecule has 1 amide bonds. The van der Waals surface area contributed by atoms with Gasteiger partial charge in [-0.05, 0) is 23.8 Å². The minimum absolute atomic E-state index is 0.167. The topological polar surface area (TPSA) is 48.0 Å². The molecule has 0 spiro atoms. The molecule has 2 aliphatic heterocycles. The zero-order valence-electron chi connectivity index (χ0n) is 12.0. The summed E-state index contributed by atoms with van der Waals surface area (Å²) in [4.78, 5) is 13.3. The Morgan fingerprint density at radius 3 is 2.78 bits per heavy atom. The number of rotatable bonds is 4. The maximum absolute atomic E-state index is 12.0. The van der Waals surface area contributed by atoms with Crippen molar-refractivity contribution in [3.05, 3.63) is 29.8 Å². The third-order valence-electron chi connectivity index (χ3n) is 3.46. The first-order valence-corrected chi connectivity index (χ1v) is 6.96. The molecule has 5 nitrogen and oxygen atoms in total. The maximum Gasteiger partial charge on any atom is 0.411 e. The molecule has 2 aliphatic rings. The van der Waals surface area contributed by atoms with Gasteiger partial charge >= 0.3 is 6.18 Å². The van der Waals surface area contributed by atoms with Crippen LogP contribution in [-0.4, -0.2) is 49.6 Å². The van der Waals surface area contributed by atoms with E-state index in [2.05, 4.69) is 4.74 Å². The number of likely N-dealkylation sites (tertiary alicyclic amines) is 1. The average Bonchev–Trinajstić information content (AvgIpc) is 2.89. The first kappa shape index (κ1) is 15.7. The second-order valence-electron chi connectivity index (χ2n) is 5.24. The van der Waals surface area contributed by atoms with Gasteiger partial charge in [-0.2, -0.15) is 13.2 Å². The van der Waals surface area contributed by atoms with Crippen molar-refractivity contribution in [3.8, 4) is 11.5 Å². The van der Waals surface area contributed by atoms with E-state index in [9.17, 15) is 18.0 Å². The molecule has 3 rings (SSSR count). The van der Waals surface area contributed by atoms with Crippen LogP contribution in [0.15, 0.2) is 24.3 Å². The third kappa shape index (κ3) is 3.95. The number of hydrogen-bond acceptors (Lipinski definition) is 4. The van der Waals surface area contributed by atoms with Gasteiger partial charge in [0.25, 0.3) is 0 Å². The predicted molar refractivity (Wildman–Crippen MR) is 74.0 cm³/mol. The summed E-state index contributed by atoms with van der Waals surface area (Å²) in [6, 6.07) is 5.28. The number of fused-ring (bicyclic) bond motifs is 1. The molecule has 0 aromatic heterocycles. The molecule has 0 N–H and O–H groups in total. The summed E-state index contributed by atoms with van der Waals surface area (Å²) in [5.74, 6) is 1.000. The van der Waals surface area contributed by atoms with E-state index >= 15 is 0 Å². The number of ether oxygens (including phenoxy) is 3. The lowest BCUT2D eigenvalue weighted by molar-refractivity contribution is -0.199. The number of benzene rings is 1. The van der Waals surface area contributed by atoms with Gasteiger partial charge < -0.3 is 19.1 Å². The fourth-order valence-electron chi connectivity index (χ4n) is 2.23. The monoisotopic (exact) mass is 329 g/mol. The van der Waals surface area contributed by atoms with Crippen molar-refractivity contribution >= 4 is 12.0 Å². The van der Waals surface area contributed by atoms with Gasteiger partial charge in [0.2, 0.25) is 12.7 Å². The highest BCUT2D eigenvalue weighted by molar-refractivity contribution is 5.92. The van der Waals surface area contributed by atoms with Crippen LogP contribution in [0, 0.1) is 0 Å². The highest BCUT2D eigenvalue weighted by atomic mass is 19.4. The fourth-order valence-corrected chi connectivity index (χ4v) is 2.23. The van der Waals surface area contributed by atoms with E-state index in [1.807, 2.05) is 0 Å². The molecule has 1 aromatic rings. The number of nitrogens with zero attached hydrogens (tertiary/aromatic N) is 1. The summed E-state index contributed by atoms with van der Waals surface area (Å²) in [5, 5.41) is 0. The van der Waals surface area contributed by atoms with Crippen molar-refractivity contribution < 1.29 is 32.2 Å². The molecule has 0 unspecified atom stereocenters. The Hall–Kier alpha value is -2.22. The zero-order valence-corrected chi connectivity index (χ0v) is 12.0. The molecule has 1 fully saturated rings. The lowest BCUT2D eigenvalue weighted by Gasteiger charge is -2.38. The van der Waals surface area contributed by atoms with Crippen molar-refractivity contribution in [3.63, 3.8) is 0 Å². The van der Waals surface area contributed by atoms with Gasteiger partial charge in [-0.3, -0.25) is 4.79 Å². The van der Waals surface area contributed by atoms with Crippen molar-refractivity contribution in [1.82, 2.24) is 4.90 Å². The van der Waals surface area contributed by atoms with Crippen LogP contribution in [0.4, 0.5) is 13.2 Å². The summed E-state index contributed by atoms with van der Waals surface area (Å²) in [7, 11) is 0. The Kier molecular flexibility index (Phi) is 4.16. The third-order valence-corrected chi connectivity index (χ3v) is 3.46.